The molecule has 3 aromatic rings. The van der Waals surface area contributed by atoms with Crippen LogP contribution < -0.4 is 0 Å². The molecule has 0 radical (unpaired) electrons. The van der Waals surface area contributed by atoms with Crippen LogP contribution in [0, 0.1) is 0 Å². The van der Waals surface area contributed by atoms with Gasteiger partial charge in [-0.25, -0.2) is 19.6 Å². The van der Waals surface area contributed by atoms with Crippen LogP contribution in [-0.4, -0.2) is 24.7 Å². The summed E-state index contributed by atoms with van der Waals surface area (Å²) in [5, 5.41) is 4.62. The van der Waals surface area contributed by atoms with Gasteiger partial charge in [-0.15, -0.1) is 0 Å². The van der Waals surface area contributed by atoms with Crippen LogP contribution in [0.15, 0.2) is 41.5 Å². The van der Waals surface area contributed by atoms with Crippen molar-refractivity contribution in [3.63, 3.8) is 0 Å². The third kappa shape index (κ3) is 1.65. The third-order valence-electron chi connectivity index (χ3n) is 3.27. The molecule has 4 rings (SSSR count). The van der Waals surface area contributed by atoms with Crippen LogP contribution in [0.4, 0.5) is 0 Å². The summed E-state index contributed by atoms with van der Waals surface area (Å²) >= 11 is 0. The van der Waals surface area contributed by atoms with E-state index in [9.17, 15) is 0 Å². The molecular formula is C14H11N5O. The first-order valence-electron chi connectivity index (χ1n) is 6.38. The fraction of sp³-hybridized carbons (Fsp3) is 0.143. The first-order valence-corrected chi connectivity index (χ1v) is 6.38. The Hall–Kier alpha value is -2.76. The molecule has 6 nitrogen and oxygen atoms in total. The van der Waals surface area contributed by atoms with Crippen LogP contribution >= 0.6 is 0 Å². The van der Waals surface area contributed by atoms with Crippen molar-refractivity contribution in [3.8, 4) is 17.4 Å². The molecule has 0 saturated carbocycles. The van der Waals surface area contributed by atoms with E-state index >= 15 is 0 Å². The number of aromatic nitrogens is 5. The summed E-state index contributed by atoms with van der Waals surface area (Å²) in [5.41, 5.74) is 2.93. The van der Waals surface area contributed by atoms with Crippen molar-refractivity contribution < 1.29 is 4.42 Å². The lowest BCUT2D eigenvalue weighted by atomic mass is 10.0. The molecule has 0 bridgehead atoms. The van der Waals surface area contributed by atoms with Crippen LogP contribution in [-0.2, 0) is 6.42 Å². The van der Waals surface area contributed by atoms with E-state index in [1.807, 2.05) is 10.7 Å². The molecule has 0 unspecified atom stereocenters. The highest BCUT2D eigenvalue weighted by atomic mass is 16.3. The average molecular weight is 265 g/mol. The maximum absolute atomic E-state index is 5.38. The van der Waals surface area contributed by atoms with Gasteiger partial charge in [0.15, 0.2) is 11.5 Å². The fourth-order valence-corrected chi connectivity index (χ4v) is 2.40. The summed E-state index contributed by atoms with van der Waals surface area (Å²) in [6, 6.07) is 1.84. The SMILES string of the molecule is C1=Cc2c(-c3ncco3)nn(-c3ccncn3)c2CC1. The largest absolute Gasteiger partial charge is 0.443 e. The number of oxazole rings is 1. The van der Waals surface area contributed by atoms with Crippen molar-refractivity contribution >= 4 is 6.08 Å². The van der Waals surface area contributed by atoms with Crippen LogP contribution in [0.3, 0.4) is 0 Å². The van der Waals surface area contributed by atoms with E-state index < -0.39 is 0 Å². The van der Waals surface area contributed by atoms with Gasteiger partial charge in [-0.3, -0.25) is 0 Å². The minimum absolute atomic E-state index is 0.528. The number of hydrogen-bond acceptors (Lipinski definition) is 5. The molecule has 0 spiro atoms. The minimum Gasteiger partial charge on any atom is -0.443 e. The molecule has 3 heterocycles. The van der Waals surface area contributed by atoms with Crippen molar-refractivity contribution in [3.05, 3.63) is 48.4 Å². The zero-order chi connectivity index (χ0) is 13.4. The Morgan fingerprint density at radius 1 is 1.20 bits per heavy atom. The molecule has 0 aromatic carbocycles. The van der Waals surface area contributed by atoms with E-state index in [1.165, 1.54) is 6.33 Å². The highest BCUT2D eigenvalue weighted by Crippen LogP contribution is 2.30. The Kier molecular flexibility index (Phi) is 2.45. The molecule has 3 aromatic heterocycles. The summed E-state index contributed by atoms with van der Waals surface area (Å²) < 4.78 is 7.23. The topological polar surface area (TPSA) is 69.6 Å². The van der Waals surface area contributed by atoms with Crippen LogP contribution in [0.5, 0.6) is 0 Å². The van der Waals surface area contributed by atoms with Gasteiger partial charge in [0.1, 0.15) is 12.6 Å². The molecule has 0 amide bonds. The number of hydrogen-bond donors (Lipinski definition) is 0. The van der Waals surface area contributed by atoms with Gasteiger partial charge in [0.25, 0.3) is 0 Å². The van der Waals surface area contributed by atoms with Gasteiger partial charge in [0.05, 0.1) is 11.9 Å². The predicted molar refractivity (Wildman–Crippen MR) is 72.0 cm³/mol. The standard InChI is InChI=1S/C14H11N5O/c1-2-4-11-10(3-1)13(14-16-7-8-20-14)18-19(11)12-5-6-15-9-17-12/h1,3,5-9H,2,4H2. The summed E-state index contributed by atoms with van der Waals surface area (Å²) in [4.78, 5) is 12.4. The monoisotopic (exact) mass is 265 g/mol. The third-order valence-corrected chi connectivity index (χ3v) is 3.27. The van der Waals surface area contributed by atoms with E-state index in [-0.39, 0.29) is 0 Å². The van der Waals surface area contributed by atoms with Crippen molar-refractivity contribution in [2.75, 3.05) is 0 Å². The fourth-order valence-electron chi connectivity index (χ4n) is 2.40. The second-order valence-corrected chi connectivity index (χ2v) is 4.47. The zero-order valence-electron chi connectivity index (χ0n) is 10.6. The molecule has 1 aliphatic carbocycles. The Balaban J connectivity index is 1.95. The smallest absolute Gasteiger partial charge is 0.247 e. The molecule has 6 heteroatoms. The second kappa shape index (κ2) is 4.41. The molecule has 1 aliphatic rings. The van der Waals surface area contributed by atoms with Gasteiger partial charge in [-0.05, 0) is 12.8 Å². The molecule has 0 fully saturated rings. The molecule has 98 valence electrons. The maximum atomic E-state index is 5.38. The highest BCUT2D eigenvalue weighted by Gasteiger charge is 2.22. The van der Waals surface area contributed by atoms with E-state index in [2.05, 4.69) is 32.2 Å². The molecule has 0 atom stereocenters. The van der Waals surface area contributed by atoms with Crippen LogP contribution in [0.25, 0.3) is 23.5 Å². The summed E-state index contributed by atoms with van der Waals surface area (Å²) in [6.45, 7) is 0. The Labute approximate surface area is 114 Å². The number of allylic oxidation sites excluding steroid dienone is 1. The highest BCUT2D eigenvalue weighted by molar-refractivity contribution is 5.70. The van der Waals surface area contributed by atoms with E-state index in [0.717, 1.165) is 35.6 Å². The predicted octanol–water partition coefficient (Wildman–Crippen LogP) is 2.28. The first kappa shape index (κ1) is 11.1. The number of nitrogens with zero attached hydrogens (tertiary/aromatic N) is 5. The quantitative estimate of drug-likeness (QED) is 0.711. The Morgan fingerprint density at radius 3 is 3.00 bits per heavy atom. The van der Waals surface area contributed by atoms with Gasteiger partial charge < -0.3 is 4.42 Å². The summed E-state index contributed by atoms with van der Waals surface area (Å²) in [6.07, 6.45) is 12.5. The molecule has 0 N–H and O–H groups in total. The van der Waals surface area contributed by atoms with Crippen molar-refractivity contribution in [2.24, 2.45) is 0 Å². The van der Waals surface area contributed by atoms with Gasteiger partial charge in [-0.2, -0.15) is 5.10 Å². The summed E-state index contributed by atoms with van der Waals surface area (Å²) in [7, 11) is 0. The van der Waals surface area contributed by atoms with Gasteiger partial charge in [0, 0.05) is 17.8 Å². The van der Waals surface area contributed by atoms with Gasteiger partial charge in [0.2, 0.25) is 5.89 Å². The number of fused-ring (bicyclic) bond motifs is 1. The van der Waals surface area contributed by atoms with Crippen LogP contribution in [0.1, 0.15) is 17.7 Å². The Morgan fingerprint density at radius 2 is 2.20 bits per heavy atom. The molecule has 0 aliphatic heterocycles. The van der Waals surface area contributed by atoms with Crippen molar-refractivity contribution in [2.45, 2.75) is 12.8 Å². The van der Waals surface area contributed by atoms with E-state index in [4.69, 9.17) is 4.42 Å². The lowest BCUT2D eigenvalue weighted by Crippen LogP contribution is -2.06. The first-order chi connectivity index (χ1) is 9.93. The van der Waals surface area contributed by atoms with Gasteiger partial charge >= 0.3 is 0 Å². The average Bonchev–Trinajstić information content (AvgIpc) is 3.15. The van der Waals surface area contributed by atoms with Crippen molar-refractivity contribution in [1.82, 2.24) is 24.7 Å². The second-order valence-electron chi connectivity index (χ2n) is 4.47. The summed E-state index contributed by atoms with van der Waals surface area (Å²) in [5.74, 6) is 1.28. The lowest BCUT2D eigenvalue weighted by Gasteiger charge is -2.08. The minimum atomic E-state index is 0.528. The maximum Gasteiger partial charge on any atom is 0.247 e. The van der Waals surface area contributed by atoms with E-state index in [0.29, 0.717) is 5.89 Å². The number of rotatable bonds is 2. The molecule has 20 heavy (non-hydrogen) atoms. The van der Waals surface area contributed by atoms with Crippen LogP contribution in [0.2, 0.25) is 0 Å². The lowest BCUT2D eigenvalue weighted by molar-refractivity contribution is 0.570. The normalized spacial score (nSPS) is 13.4. The van der Waals surface area contributed by atoms with Gasteiger partial charge in [-0.1, -0.05) is 12.2 Å². The zero-order valence-corrected chi connectivity index (χ0v) is 10.6. The molecular weight excluding hydrogens is 254 g/mol. The van der Waals surface area contributed by atoms with E-state index in [1.54, 1.807) is 18.7 Å². The molecule has 0 saturated heterocycles. The van der Waals surface area contributed by atoms with Crippen molar-refractivity contribution in [1.29, 1.82) is 0 Å². The Bertz CT molecular complexity index is 758.